The quantitative estimate of drug-likeness (QED) is 0.737. The summed E-state index contributed by atoms with van der Waals surface area (Å²) < 4.78 is 81.4. The number of rotatable bonds is 5. The van der Waals surface area contributed by atoms with Crippen LogP contribution in [0.1, 0.15) is 11.1 Å². The molecule has 1 fully saturated rings. The van der Waals surface area contributed by atoms with E-state index in [2.05, 4.69) is 4.98 Å². The number of alkyl halides is 3. The van der Waals surface area contributed by atoms with Gasteiger partial charge < -0.3 is 4.74 Å². The van der Waals surface area contributed by atoms with Crippen LogP contribution in [0.3, 0.4) is 0 Å². The van der Waals surface area contributed by atoms with Crippen molar-refractivity contribution < 1.29 is 30.7 Å². The van der Waals surface area contributed by atoms with Crippen molar-refractivity contribution in [1.82, 2.24) is 9.29 Å². The Bertz CT molecular complexity index is 862. The SMILES string of the molecule is O=S(=O)(Cc1ccc(F)cc1)N1CC(Oc2ccc(C(F)(F)F)cn2)C1. The average molecular weight is 390 g/mol. The molecule has 0 spiro atoms. The molecular formula is C16H14F4N2O3S. The van der Waals surface area contributed by atoms with Crippen LogP contribution >= 0.6 is 0 Å². The van der Waals surface area contributed by atoms with Crippen LogP contribution in [-0.2, 0) is 22.0 Å². The van der Waals surface area contributed by atoms with Crippen LogP contribution in [0, 0.1) is 5.82 Å². The van der Waals surface area contributed by atoms with Gasteiger partial charge >= 0.3 is 6.18 Å². The van der Waals surface area contributed by atoms with Gasteiger partial charge in [0, 0.05) is 12.3 Å². The number of halogens is 4. The van der Waals surface area contributed by atoms with Crippen LogP contribution in [0.2, 0.25) is 0 Å². The zero-order chi connectivity index (χ0) is 18.9. The maximum Gasteiger partial charge on any atom is 0.417 e. The lowest BCUT2D eigenvalue weighted by Gasteiger charge is -2.37. The Labute approximate surface area is 147 Å². The van der Waals surface area contributed by atoms with E-state index in [0.717, 1.165) is 12.1 Å². The van der Waals surface area contributed by atoms with E-state index in [0.29, 0.717) is 11.8 Å². The second kappa shape index (κ2) is 6.84. The highest BCUT2D eigenvalue weighted by Gasteiger charge is 2.37. The topological polar surface area (TPSA) is 59.5 Å². The third-order valence-electron chi connectivity index (χ3n) is 3.82. The van der Waals surface area contributed by atoms with Gasteiger partial charge in [-0.1, -0.05) is 12.1 Å². The van der Waals surface area contributed by atoms with Crippen molar-refractivity contribution in [1.29, 1.82) is 0 Å². The van der Waals surface area contributed by atoms with Gasteiger partial charge in [0.1, 0.15) is 11.9 Å². The molecule has 3 rings (SSSR count). The number of hydrogen-bond donors (Lipinski definition) is 0. The summed E-state index contributed by atoms with van der Waals surface area (Å²) >= 11 is 0. The van der Waals surface area contributed by atoms with E-state index in [-0.39, 0.29) is 24.7 Å². The van der Waals surface area contributed by atoms with Crippen LogP contribution in [0.25, 0.3) is 0 Å². The molecule has 0 saturated carbocycles. The van der Waals surface area contributed by atoms with E-state index >= 15 is 0 Å². The molecule has 0 radical (unpaired) electrons. The first-order valence-corrected chi connectivity index (χ1v) is 9.16. The van der Waals surface area contributed by atoms with Crippen LogP contribution < -0.4 is 4.74 Å². The number of ether oxygens (including phenoxy) is 1. The van der Waals surface area contributed by atoms with Gasteiger partial charge in [0.05, 0.1) is 24.4 Å². The molecule has 2 heterocycles. The lowest BCUT2D eigenvalue weighted by molar-refractivity contribution is -0.137. The van der Waals surface area contributed by atoms with Gasteiger partial charge in [-0.25, -0.2) is 17.8 Å². The Kier molecular flexibility index (Phi) is 4.89. The molecule has 0 unspecified atom stereocenters. The summed E-state index contributed by atoms with van der Waals surface area (Å²) in [7, 11) is -3.58. The minimum Gasteiger partial charge on any atom is -0.472 e. The molecule has 10 heteroatoms. The molecule has 0 aliphatic carbocycles. The smallest absolute Gasteiger partial charge is 0.417 e. The molecule has 5 nitrogen and oxygen atoms in total. The van der Waals surface area contributed by atoms with Crippen molar-refractivity contribution in [2.24, 2.45) is 0 Å². The van der Waals surface area contributed by atoms with Gasteiger partial charge in [0.2, 0.25) is 15.9 Å². The Hall–Kier alpha value is -2.20. The molecule has 26 heavy (non-hydrogen) atoms. The predicted octanol–water partition coefficient (Wildman–Crippen LogP) is 2.83. The maximum absolute atomic E-state index is 12.9. The van der Waals surface area contributed by atoms with Gasteiger partial charge in [-0.05, 0) is 23.8 Å². The molecule has 2 aromatic rings. The monoisotopic (exact) mass is 390 g/mol. The Morgan fingerprint density at radius 3 is 2.31 bits per heavy atom. The minimum atomic E-state index is -4.48. The fraction of sp³-hybridized carbons (Fsp3) is 0.312. The summed E-state index contributed by atoms with van der Waals surface area (Å²) in [5.41, 5.74) is -0.429. The number of nitrogens with zero attached hydrogens (tertiary/aromatic N) is 2. The van der Waals surface area contributed by atoms with Crippen LogP contribution in [0.15, 0.2) is 42.6 Å². The molecule has 1 aromatic heterocycles. The third kappa shape index (κ3) is 4.31. The number of aromatic nitrogens is 1. The molecule has 1 aliphatic rings. The molecule has 0 amide bonds. The summed E-state index contributed by atoms with van der Waals surface area (Å²) in [4.78, 5) is 3.58. The first-order chi connectivity index (χ1) is 12.1. The molecule has 0 bridgehead atoms. The lowest BCUT2D eigenvalue weighted by atomic mass is 10.2. The van der Waals surface area contributed by atoms with Gasteiger partial charge in [0.15, 0.2) is 0 Å². The predicted molar refractivity (Wildman–Crippen MR) is 84.3 cm³/mol. The number of benzene rings is 1. The lowest BCUT2D eigenvalue weighted by Crippen LogP contribution is -2.56. The van der Waals surface area contributed by atoms with Gasteiger partial charge in [-0.2, -0.15) is 17.5 Å². The van der Waals surface area contributed by atoms with Crippen molar-refractivity contribution in [3.63, 3.8) is 0 Å². The first-order valence-electron chi connectivity index (χ1n) is 7.56. The number of hydrogen-bond acceptors (Lipinski definition) is 4. The molecular weight excluding hydrogens is 376 g/mol. The first kappa shape index (κ1) is 18.6. The summed E-state index contributed by atoms with van der Waals surface area (Å²) in [6.45, 7) is 0.151. The van der Waals surface area contributed by atoms with Gasteiger partial charge in [-0.15, -0.1) is 0 Å². The molecule has 140 valence electrons. The van der Waals surface area contributed by atoms with E-state index in [1.54, 1.807) is 0 Å². The Balaban J connectivity index is 1.54. The fourth-order valence-corrected chi connectivity index (χ4v) is 3.96. The highest BCUT2D eigenvalue weighted by molar-refractivity contribution is 7.88. The highest BCUT2D eigenvalue weighted by atomic mass is 32.2. The highest BCUT2D eigenvalue weighted by Crippen LogP contribution is 2.29. The zero-order valence-corrected chi connectivity index (χ0v) is 14.1. The summed E-state index contributed by atoms with van der Waals surface area (Å²) in [5.74, 6) is -0.718. The van der Waals surface area contributed by atoms with Crippen LogP contribution in [0.4, 0.5) is 17.6 Å². The second-order valence-corrected chi connectivity index (χ2v) is 7.79. The summed E-state index contributed by atoms with van der Waals surface area (Å²) in [6, 6.07) is 7.11. The van der Waals surface area contributed by atoms with Gasteiger partial charge in [0.25, 0.3) is 0 Å². The molecule has 1 saturated heterocycles. The summed E-state index contributed by atoms with van der Waals surface area (Å²) in [6.07, 6.45) is -4.30. The maximum atomic E-state index is 12.9. The largest absolute Gasteiger partial charge is 0.472 e. The Morgan fingerprint density at radius 1 is 1.12 bits per heavy atom. The second-order valence-electron chi connectivity index (χ2n) is 5.82. The van der Waals surface area contributed by atoms with E-state index < -0.39 is 33.7 Å². The third-order valence-corrected chi connectivity index (χ3v) is 5.60. The van der Waals surface area contributed by atoms with Crippen molar-refractivity contribution in [2.45, 2.75) is 18.0 Å². The zero-order valence-electron chi connectivity index (χ0n) is 13.3. The van der Waals surface area contributed by atoms with Crippen LogP contribution in [0.5, 0.6) is 5.88 Å². The molecule has 0 atom stereocenters. The minimum absolute atomic E-state index is 0.00131. The molecule has 0 N–H and O–H groups in total. The van der Waals surface area contributed by atoms with Crippen molar-refractivity contribution in [2.75, 3.05) is 13.1 Å². The van der Waals surface area contributed by atoms with Crippen molar-refractivity contribution in [3.05, 3.63) is 59.5 Å². The van der Waals surface area contributed by atoms with E-state index in [1.165, 1.54) is 28.6 Å². The van der Waals surface area contributed by atoms with E-state index in [4.69, 9.17) is 4.74 Å². The van der Waals surface area contributed by atoms with E-state index in [1.807, 2.05) is 0 Å². The van der Waals surface area contributed by atoms with Gasteiger partial charge in [-0.3, -0.25) is 0 Å². The van der Waals surface area contributed by atoms with E-state index in [9.17, 15) is 26.0 Å². The number of sulfonamides is 1. The number of pyridine rings is 1. The Morgan fingerprint density at radius 2 is 1.77 bits per heavy atom. The standard InChI is InChI=1S/C16H14F4N2O3S/c17-13-4-1-11(2-5-13)10-26(23,24)22-8-14(9-22)25-15-6-3-12(7-21-15)16(18,19)20/h1-7,14H,8-10H2. The average Bonchev–Trinajstić information content (AvgIpc) is 2.52. The fourth-order valence-electron chi connectivity index (χ4n) is 2.37. The van der Waals surface area contributed by atoms with Crippen molar-refractivity contribution >= 4 is 10.0 Å². The molecule has 1 aliphatic heterocycles. The van der Waals surface area contributed by atoms with Crippen molar-refractivity contribution in [3.8, 4) is 5.88 Å². The summed E-state index contributed by atoms with van der Waals surface area (Å²) in [5, 5.41) is 0. The normalized spacial score (nSPS) is 16.3. The molecule has 1 aromatic carbocycles. The van der Waals surface area contributed by atoms with Crippen LogP contribution in [-0.4, -0.2) is 36.9 Å².